The summed E-state index contributed by atoms with van der Waals surface area (Å²) in [5.41, 5.74) is 0. The molecule has 1 aliphatic rings. The third-order valence-corrected chi connectivity index (χ3v) is 3.64. The van der Waals surface area contributed by atoms with Gasteiger partial charge in [0, 0.05) is 13.2 Å². The first-order valence-electron chi connectivity index (χ1n) is 6.95. The summed E-state index contributed by atoms with van der Waals surface area (Å²) in [4.78, 5) is 2.63. The van der Waals surface area contributed by atoms with Crippen LogP contribution in [0.4, 0.5) is 0 Å². The van der Waals surface area contributed by atoms with Crippen molar-refractivity contribution in [2.75, 3.05) is 26.2 Å². The fourth-order valence-corrected chi connectivity index (χ4v) is 2.23. The fraction of sp³-hybridized carbons (Fsp3) is 1.00. The second-order valence-corrected chi connectivity index (χ2v) is 5.64. The van der Waals surface area contributed by atoms with Gasteiger partial charge >= 0.3 is 0 Å². The monoisotopic (exact) mass is 227 g/mol. The van der Waals surface area contributed by atoms with Gasteiger partial charge in [-0.2, -0.15) is 0 Å². The van der Waals surface area contributed by atoms with Crippen LogP contribution in [-0.4, -0.2) is 37.2 Å². The molecule has 0 amide bonds. The van der Waals surface area contributed by atoms with Crippen molar-refractivity contribution in [1.29, 1.82) is 0 Å². The molecule has 0 saturated carbocycles. The number of nitrogens with zero attached hydrogens (tertiary/aromatic N) is 1. The average Bonchev–Trinajstić information content (AvgIpc) is 2.28. The standard InChI is InChI=1S/C14H29NO/c1-5-13(4)10-15-8-6-14(7-9-15)11-16-12(2)3/h12-14H,5-11H2,1-4H3. The molecule has 96 valence electrons. The first kappa shape index (κ1) is 14.0. The van der Waals surface area contributed by atoms with Crippen LogP contribution in [0.3, 0.4) is 0 Å². The van der Waals surface area contributed by atoms with Crippen molar-refractivity contribution in [2.24, 2.45) is 11.8 Å². The molecule has 0 spiro atoms. The average molecular weight is 227 g/mol. The molecule has 1 unspecified atom stereocenters. The summed E-state index contributed by atoms with van der Waals surface area (Å²) in [5, 5.41) is 0. The van der Waals surface area contributed by atoms with Gasteiger partial charge in [0.2, 0.25) is 0 Å². The highest BCUT2D eigenvalue weighted by atomic mass is 16.5. The van der Waals surface area contributed by atoms with Crippen LogP contribution < -0.4 is 0 Å². The van der Waals surface area contributed by atoms with Crippen LogP contribution in [0, 0.1) is 11.8 Å². The Balaban J connectivity index is 2.13. The molecule has 1 fully saturated rings. The van der Waals surface area contributed by atoms with Gasteiger partial charge < -0.3 is 9.64 Å². The minimum absolute atomic E-state index is 0.387. The summed E-state index contributed by atoms with van der Waals surface area (Å²) in [6.45, 7) is 13.7. The highest BCUT2D eigenvalue weighted by molar-refractivity contribution is 4.73. The lowest BCUT2D eigenvalue weighted by molar-refractivity contribution is 0.0289. The van der Waals surface area contributed by atoms with E-state index in [9.17, 15) is 0 Å². The van der Waals surface area contributed by atoms with Crippen LogP contribution >= 0.6 is 0 Å². The van der Waals surface area contributed by atoms with Gasteiger partial charge in [-0.3, -0.25) is 0 Å². The summed E-state index contributed by atoms with van der Waals surface area (Å²) in [7, 11) is 0. The first-order chi connectivity index (χ1) is 7.61. The van der Waals surface area contributed by atoms with Gasteiger partial charge in [0.1, 0.15) is 0 Å². The molecule has 0 aromatic rings. The second kappa shape index (κ2) is 7.29. The molecule has 0 radical (unpaired) electrons. The third kappa shape index (κ3) is 5.31. The smallest absolute Gasteiger partial charge is 0.0519 e. The molecular formula is C14H29NO. The Morgan fingerprint density at radius 2 is 1.81 bits per heavy atom. The summed E-state index contributed by atoms with van der Waals surface area (Å²) < 4.78 is 5.70. The molecule has 1 rings (SSSR count). The van der Waals surface area contributed by atoms with Crippen LogP contribution in [0.1, 0.15) is 47.0 Å². The predicted octanol–water partition coefficient (Wildman–Crippen LogP) is 3.17. The van der Waals surface area contributed by atoms with Crippen molar-refractivity contribution < 1.29 is 4.74 Å². The molecule has 1 aliphatic heterocycles. The second-order valence-electron chi connectivity index (χ2n) is 5.64. The maximum atomic E-state index is 5.70. The number of hydrogen-bond acceptors (Lipinski definition) is 2. The lowest BCUT2D eigenvalue weighted by Crippen LogP contribution is -2.37. The van der Waals surface area contributed by atoms with E-state index < -0.39 is 0 Å². The molecule has 0 bridgehead atoms. The van der Waals surface area contributed by atoms with Gasteiger partial charge in [-0.25, -0.2) is 0 Å². The highest BCUT2D eigenvalue weighted by Gasteiger charge is 2.20. The van der Waals surface area contributed by atoms with E-state index in [1.54, 1.807) is 0 Å². The van der Waals surface area contributed by atoms with E-state index in [1.165, 1.54) is 38.9 Å². The molecule has 1 heterocycles. The first-order valence-corrected chi connectivity index (χ1v) is 6.95. The van der Waals surface area contributed by atoms with Crippen molar-refractivity contribution in [3.63, 3.8) is 0 Å². The largest absolute Gasteiger partial charge is 0.379 e. The minimum Gasteiger partial charge on any atom is -0.379 e. The van der Waals surface area contributed by atoms with Gasteiger partial charge in [-0.15, -0.1) is 0 Å². The summed E-state index contributed by atoms with van der Waals surface area (Å²) in [6.07, 6.45) is 4.33. The van der Waals surface area contributed by atoms with Crippen LogP contribution in [0.25, 0.3) is 0 Å². The van der Waals surface area contributed by atoms with Crippen LogP contribution in [0.2, 0.25) is 0 Å². The van der Waals surface area contributed by atoms with E-state index >= 15 is 0 Å². The van der Waals surface area contributed by atoms with Gasteiger partial charge in [0.15, 0.2) is 0 Å². The zero-order chi connectivity index (χ0) is 12.0. The Bertz CT molecular complexity index is 174. The highest BCUT2D eigenvalue weighted by Crippen LogP contribution is 2.19. The van der Waals surface area contributed by atoms with Crippen molar-refractivity contribution in [1.82, 2.24) is 4.90 Å². The minimum atomic E-state index is 0.387. The lowest BCUT2D eigenvalue weighted by Gasteiger charge is -2.33. The zero-order valence-corrected chi connectivity index (χ0v) is 11.5. The number of rotatable bonds is 6. The Kier molecular flexibility index (Phi) is 6.37. The SMILES string of the molecule is CCC(C)CN1CCC(COC(C)C)CC1. The van der Waals surface area contributed by atoms with Crippen molar-refractivity contribution in [2.45, 2.75) is 53.1 Å². The van der Waals surface area contributed by atoms with Gasteiger partial charge in [0.25, 0.3) is 0 Å². The zero-order valence-electron chi connectivity index (χ0n) is 11.5. The molecule has 0 aromatic heterocycles. The molecule has 0 aromatic carbocycles. The summed E-state index contributed by atoms with van der Waals surface area (Å²) >= 11 is 0. The summed E-state index contributed by atoms with van der Waals surface area (Å²) in [5.74, 6) is 1.65. The molecular weight excluding hydrogens is 198 g/mol. The topological polar surface area (TPSA) is 12.5 Å². The number of likely N-dealkylation sites (tertiary alicyclic amines) is 1. The molecule has 0 aliphatic carbocycles. The maximum Gasteiger partial charge on any atom is 0.0519 e. The van der Waals surface area contributed by atoms with Crippen LogP contribution in [0.15, 0.2) is 0 Å². The lowest BCUT2D eigenvalue weighted by atomic mass is 9.96. The molecule has 2 heteroatoms. The molecule has 16 heavy (non-hydrogen) atoms. The molecule has 2 nitrogen and oxygen atoms in total. The van der Waals surface area contributed by atoms with Gasteiger partial charge in [-0.05, 0) is 51.6 Å². The van der Waals surface area contributed by atoms with E-state index in [4.69, 9.17) is 4.74 Å². The Morgan fingerprint density at radius 1 is 1.19 bits per heavy atom. The van der Waals surface area contributed by atoms with E-state index in [-0.39, 0.29) is 0 Å². The van der Waals surface area contributed by atoms with Crippen LogP contribution in [0.5, 0.6) is 0 Å². The fourth-order valence-electron chi connectivity index (χ4n) is 2.23. The third-order valence-electron chi connectivity index (χ3n) is 3.64. The molecule has 1 atom stereocenters. The Hall–Kier alpha value is -0.0800. The quantitative estimate of drug-likeness (QED) is 0.691. The Labute approximate surface area is 101 Å². The van der Waals surface area contributed by atoms with Crippen molar-refractivity contribution in [3.05, 3.63) is 0 Å². The van der Waals surface area contributed by atoms with E-state index in [2.05, 4.69) is 32.6 Å². The Morgan fingerprint density at radius 3 is 2.31 bits per heavy atom. The van der Waals surface area contributed by atoms with Crippen LogP contribution in [-0.2, 0) is 4.74 Å². The summed E-state index contributed by atoms with van der Waals surface area (Å²) in [6, 6.07) is 0. The van der Waals surface area contributed by atoms with Crippen molar-refractivity contribution in [3.8, 4) is 0 Å². The predicted molar refractivity (Wildman–Crippen MR) is 69.7 cm³/mol. The van der Waals surface area contributed by atoms with E-state index in [1.807, 2.05) is 0 Å². The number of hydrogen-bond donors (Lipinski definition) is 0. The van der Waals surface area contributed by atoms with E-state index in [0.29, 0.717) is 6.10 Å². The van der Waals surface area contributed by atoms with Gasteiger partial charge in [-0.1, -0.05) is 20.3 Å². The molecule has 0 N–H and O–H groups in total. The van der Waals surface area contributed by atoms with Gasteiger partial charge in [0.05, 0.1) is 6.10 Å². The number of ether oxygens (including phenoxy) is 1. The normalized spacial score (nSPS) is 21.6. The number of piperidine rings is 1. The molecule has 1 saturated heterocycles. The van der Waals surface area contributed by atoms with Crippen molar-refractivity contribution >= 4 is 0 Å². The maximum absolute atomic E-state index is 5.70. The van der Waals surface area contributed by atoms with E-state index in [0.717, 1.165) is 18.4 Å².